The Kier molecular flexibility index (Phi) is 7.13. The molecular weight excluding hydrogens is 615 g/mol. The van der Waals surface area contributed by atoms with Crippen molar-refractivity contribution in [1.82, 2.24) is 4.57 Å². The van der Waals surface area contributed by atoms with Crippen molar-refractivity contribution in [1.29, 1.82) is 0 Å². The van der Waals surface area contributed by atoms with Gasteiger partial charge in [-0.25, -0.2) is 0 Å². The van der Waals surface area contributed by atoms with Crippen molar-refractivity contribution in [3.63, 3.8) is 0 Å². The zero-order valence-corrected chi connectivity index (χ0v) is 28.9. The SMILES string of the molecule is CCCCC1=CC=CC(n2c3ccc(-c4cc5ccccc5c5ccccc45)cc3c3cc(-c4cc5ccccc5c5ccccc45)ccc32)C1. The standard InChI is InChI=1S/C50H39N/c1-2-3-13-33-14-12-17-38(28-33)51-49-26-24-36(45-29-34-15-4-6-18-39(34)41-20-8-10-22-43(41)45)31-47(49)48-32-37(25-27-50(48)51)46-30-35-16-5-7-19-40(35)42-21-9-11-23-44(42)46/h4-12,14-27,29-32,38H,2-3,13,28H2,1H3. The normalized spacial score (nSPS) is 14.8. The van der Waals surface area contributed by atoms with Crippen molar-refractivity contribution in [3.8, 4) is 22.3 Å². The molecule has 0 N–H and O–H groups in total. The molecule has 0 bridgehead atoms. The number of unbranched alkanes of at least 4 members (excludes halogenated alkanes) is 1. The fourth-order valence-electron chi connectivity index (χ4n) is 8.82. The molecule has 9 aromatic rings. The Morgan fingerprint density at radius 2 is 1.00 bits per heavy atom. The van der Waals surface area contributed by atoms with Gasteiger partial charge in [0.1, 0.15) is 0 Å². The summed E-state index contributed by atoms with van der Waals surface area (Å²) in [6.07, 6.45) is 11.7. The highest BCUT2D eigenvalue weighted by atomic mass is 15.0. The molecule has 0 saturated carbocycles. The number of nitrogens with zero attached hydrogens (tertiary/aromatic N) is 1. The predicted molar refractivity (Wildman–Crippen MR) is 221 cm³/mol. The van der Waals surface area contributed by atoms with Crippen LogP contribution in [0.5, 0.6) is 0 Å². The van der Waals surface area contributed by atoms with E-state index < -0.39 is 0 Å². The number of fused-ring (bicyclic) bond motifs is 9. The maximum absolute atomic E-state index is 2.62. The van der Waals surface area contributed by atoms with Crippen LogP contribution in [-0.4, -0.2) is 4.57 Å². The molecule has 0 radical (unpaired) electrons. The lowest BCUT2D eigenvalue weighted by molar-refractivity contribution is 0.605. The smallest absolute Gasteiger partial charge is 0.0562 e. The molecule has 1 aliphatic carbocycles. The van der Waals surface area contributed by atoms with E-state index in [0.717, 1.165) is 6.42 Å². The van der Waals surface area contributed by atoms with Crippen LogP contribution >= 0.6 is 0 Å². The second-order valence-electron chi connectivity index (χ2n) is 14.3. The minimum Gasteiger partial charge on any atom is -0.333 e. The summed E-state index contributed by atoms with van der Waals surface area (Å²) in [6.45, 7) is 2.29. The van der Waals surface area contributed by atoms with E-state index in [1.807, 2.05) is 0 Å². The largest absolute Gasteiger partial charge is 0.333 e. The molecular formula is C50H39N. The molecule has 1 aromatic heterocycles. The summed E-state index contributed by atoms with van der Waals surface area (Å²) >= 11 is 0. The van der Waals surface area contributed by atoms with Crippen LogP contribution in [0.4, 0.5) is 0 Å². The Morgan fingerprint density at radius 1 is 0.510 bits per heavy atom. The first-order chi connectivity index (χ1) is 25.2. The number of benzene rings is 8. The molecule has 1 unspecified atom stereocenters. The van der Waals surface area contributed by atoms with Crippen LogP contribution < -0.4 is 0 Å². The third-order valence-corrected chi connectivity index (χ3v) is 11.3. The number of allylic oxidation sites excluding steroid dienone is 4. The Hall–Kier alpha value is -5.92. The third kappa shape index (κ3) is 4.91. The number of aromatic nitrogens is 1. The zero-order valence-electron chi connectivity index (χ0n) is 28.9. The summed E-state index contributed by atoms with van der Waals surface area (Å²) < 4.78 is 2.62. The number of hydrogen-bond donors (Lipinski definition) is 0. The second kappa shape index (κ2) is 12.1. The average molecular weight is 654 g/mol. The fraction of sp³-hybridized carbons (Fsp3) is 0.120. The van der Waals surface area contributed by atoms with Gasteiger partial charge in [0.15, 0.2) is 0 Å². The highest BCUT2D eigenvalue weighted by Gasteiger charge is 2.21. The van der Waals surface area contributed by atoms with E-state index in [2.05, 4.69) is 175 Å². The van der Waals surface area contributed by atoms with Crippen LogP contribution in [0.15, 0.2) is 169 Å². The van der Waals surface area contributed by atoms with E-state index in [9.17, 15) is 0 Å². The van der Waals surface area contributed by atoms with Crippen molar-refractivity contribution >= 4 is 64.9 Å². The van der Waals surface area contributed by atoms with Crippen LogP contribution in [0.2, 0.25) is 0 Å². The maximum atomic E-state index is 2.62. The summed E-state index contributed by atoms with van der Waals surface area (Å²) in [5.41, 5.74) is 9.23. The van der Waals surface area contributed by atoms with Gasteiger partial charge in [0, 0.05) is 21.8 Å². The van der Waals surface area contributed by atoms with Crippen LogP contribution in [0.3, 0.4) is 0 Å². The molecule has 0 saturated heterocycles. The van der Waals surface area contributed by atoms with Crippen molar-refractivity contribution < 1.29 is 0 Å². The molecule has 1 atom stereocenters. The summed E-state index contributed by atoms with van der Waals surface area (Å²) in [7, 11) is 0. The topological polar surface area (TPSA) is 4.93 Å². The van der Waals surface area contributed by atoms with Crippen molar-refractivity contribution in [2.45, 2.75) is 38.6 Å². The Bertz CT molecular complexity index is 2700. The molecule has 0 amide bonds. The molecule has 1 heteroatoms. The molecule has 10 rings (SSSR count). The first-order valence-electron chi connectivity index (χ1n) is 18.5. The van der Waals surface area contributed by atoms with Gasteiger partial charge >= 0.3 is 0 Å². The van der Waals surface area contributed by atoms with Gasteiger partial charge in [0.2, 0.25) is 0 Å². The van der Waals surface area contributed by atoms with Gasteiger partial charge in [0.05, 0.1) is 6.04 Å². The summed E-state index contributed by atoms with van der Waals surface area (Å²) in [4.78, 5) is 0. The molecule has 0 spiro atoms. The van der Waals surface area contributed by atoms with E-state index in [0.29, 0.717) is 0 Å². The third-order valence-electron chi connectivity index (χ3n) is 11.3. The second-order valence-corrected chi connectivity index (χ2v) is 14.3. The van der Waals surface area contributed by atoms with E-state index in [1.165, 1.54) is 106 Å². The average Bonchev–Trinajstić information content (AvgIpc) is 3.52. The van der Waals surface area contributed by atoms with Crippen molar-refractivity contribution in [2.24, 2.45) is 0 Å². The number of hydrogen-bond acceptors (Lipinski definition) is 0. The van der Waals surface area contributed by atoms with Gasteiger partial charge in [-0.05, 0) is 121 Å². The van der Waals surface area contributed by atoms with Crippen LogP contribution in [0, 0.1) is 0 Å². The summed E-state index contributed by atoms with van der Waals surface area (Å²) in [6, 6.07) is 54.8. The lowest BCUT2D eigenvalue weighted by Crippen LogP contribution is -2.09. The highest BCUT2D eigenvalue weighted by molar-refractivity contribution is 6.17. The van der Waals surface area contributed by atoms with Crippen LogP contribution in [0.25, 0.3) is 87.1 Å². The minimum absolute atomic E-state index is 0.279. The summed E-state index contributed by atoms with van der Waals surface area (Å²) in [5.74, 6) is 0. The first-order valence-corrected chi connectivity index (χ1v) is 18.5. The Labute approximate surface area is 298 Å². The molecule has 244 valence electrons. The summed E-state index contributed by atoms with van der Waals surface area (Å²) in [5, 5.41) is 13.0. The fourth-order valence-corrected chi connectivity index (χ4v) is 8.82. The van der Waals surface area contributed by atoms with Gasteiger partial charge in [0.25, 0.3) is 0 Å². The minimum atomic E-state index is 0.279. The molecule has 0 fully saturated rings. The Balaban J connectivity index is 1.23. The molecule has 1 nitrogen and oxygen atoms in total. The first kappa shape index (κ1) is 29.9. The van der Waals surface area contributed by atoms with Gasteiger partial charge in [-0.1, -0.05) is 146 Å². The molecule has 0 aliphatic heterocycles. The monoisotopic (exact) mass is 653 g/mol. The predicted octanol–water partition coefficient (Wildman–Crippen LogP) is 14.4. The van der Waals surface area contributed by atoms with E-state index in [-0.39, 0.29) is 6.04 Å². The quantitative estimate of drug-likeness (QED) is 0.157. The van der Waals surface area contributed by atoms with Crippen LogP contribution in [0.1, 0.15) is 38.6 Å². The van der Waals surface area contributed by atoms with E-state index in [1.54, 1.807) is 5.57 Å². The Morgan fingerprint density at radius 3 is 1.53 bits per heavy atom. The van der Waals surface area contributed by atoms with Gasteiger partial charge < -0.3 is 4.57 Å². The van der Waals surface area contributed by atoms with Crippen molar-refractivity contribution in [2.75, 3.05) is 0 Å². The zero-order chi connectivity index (χ0) is 33.9. The molecule has 8 aromatic carbocycles. The van der Waals surface area contributed by atoms with Gasteiger partial charge in [-0.3, -0.25) is 0 Å². The van der Waals surface area contributed by atoms with Crippen LogP contribution in [-0.2, 0) is 0 Å². The molecule has 1 heterocycles. The van der Waals surface area contributed by atoms with Gasteiger partial charge in [-0.2, -0.15) is 0 Å². The highest BCUT2D eigenvalue weighted by Crippen LogP contribution is 2.43. The van der Waals surface area contributed by atoms with E-state index >= 15 is 0 Å². The molecule has 1 aliphatic rings. The van der Waals surface area contributed by atoms with Crippen molar-refractivity contribution in [3.05, 3.63) is 169 Å². The lowest BCUT2D eigenvalue weighted by atomic mass is 9.92. The maximum Gasteiger partial charge on any atom is 0.0562 e. The lowest BCUT2D eigenvalue weighted by Gasteiger charge is -2.22. The van der Waals surface area contributed by atoms with E-state index in [4.69, 9.17) is 0 Å². The molecule has 51 heavy (non-hydrogen) atoms. The number of rotatable bonds is 6. The van der Waals surface area contributed by atoms with Gasteiger partial charge in [-0.15, -0.1) is 0 Å².